The van der Waals surface area contributed by atoms with Crippen molar-refractivity contribution in [3.8, 4) is 5.75 Å². The Kier molecular flexibility index (Phi) is 7.81. The predicted octanol–water partition coefficient (Wildman–Crippen LogP) is 7.74. The average Bonchev–Trinajstić information content (AvgIpc) is 3.29. The highest BCUT2D eigenvalue weighted by atomic mass is 28.2. The molecule has 3 aromatic rings. The molecule has 2 heteroatoms. The number of hydrogen-bond donors (Lipinski definition) is 0. The van der Waals surface area contributed by atoms with Gasteiger partial charge in [0.2, 0.25) is 0 Å². The lowest BCUT2D eigenvalue weighted by Gasteiger charge is -2.36. The second kappa shape index (κ2) is 11.2. The normalized spacial score (nSPS) is 20.9. The summed E-state index contributed by atoms with van der Waals surface area (Å²) in [6, 6.07) is 25.3. The number of benzene rings is 3. The summed E-state index contributed by atoms with van der Waals surface area (Å²) in [6.07, 6.45) is 9.43. The van der Waals surface area contributed by atoms with Gasteiger partial charge >= 0.3 is 0 Å². The van der Waals surface area contributed by atoms with Crippen molar-refractivity contribution in [2.75, 3.05) is 6.61 Å². The van der Waals surface area contributed by atoms with Crippen LogP contribution in [0.2, 0.25) is 0 Å². The van der Waals surface area contributed by atoms with Gasteiger partial charge in [-0.1, -0.05) is 151 Å². The van der Waals surface area contributed by atoms with Crippen molar-refractivity contribution >= 4 is 26.4 Å². The van der Waals surface area contributed by atoms with Crippen molar-refractivity contribution in [1.29, 1.82) is 0 Å². The van der Waals surface area contributed by atoms with Crippen molar-refractivity contribution in [1.82, 2.24) is 0 Å². The lowest BCUT2D eigenvalue weighted by molar-refractivity contribution is 0.345. The summed E-state index contributed by atoms with van der Waals surface area (Å²) in [5.74, 6) is 1.37. The van der Waals surface area contributed by atoms with Crippen LogP contribution in [-0.4, -0.2) is 16.1 Å². The van der Waals surface area contributed by atoms with Gasteiger partial charge in [-0.15, -0.1) is 0 Å². The highest BCUT2D eigenvalue weighted by Crippen LogP contribution is 2.59. The van der Waals surface area contributed by atoms with E-state index in [4.69, 9.17) is 4.74 Å². The van der Waals surface area contributed by atoms with E-state index < -0.39 is 9.52 Å². The monoisotopic (exact) mass is 598 g/mol. The molecule has 0 spiro atoms. The molecule has 0 fully saturated rings. The van der Waals surface area contributed by atoms with Gasteiger partial charge in [0.15, 0.2) is 0 Å². The van der Waals surface area contributed by atoms with Crippen molar-refractivity contribution in [2.45, 2.75) is 79.2 Å². The second-order valence-electron chi connectivity index (χ2n) is 15.7. The van der Waals surface area contributed by atoms with Gasteiger partial charge in [-0.2, -0.15) is 0 Å². The molecule has 0 N–H and O–H groups in total. The van der Waals surface area contributed by atoms with Gasteiger partial charge in [-0.25, -0.2) is 0 Å². The maximum atomic E-state index is 6.76. The highest BCUT2D eigenvalue weighted by molar-refractivity contribution is 6.55. The van der Waals surface area contributed by atoms with Gasteiger partial charge in [0.1, 0.15) is 12.4 Å². The van der Waals surface area contributed by atoms with Gasteiger partial charge in [0.05, 0.1) is 9.52 Å². The van der Waals surface area contributed by atoms with Crippen LogP contribution in [0.3, 0.4) is 0 Å². The van der Waals surface area contributed by atoms with E-state index in [1.165, 1.54) is 38.7 Å². The molecule has 3 aliphatic rings. The lowest BCUT2D eigenvalue weighted by atomic mass is 9.73. The average molecular weight is 599 g/mol. The molecule has 0 bridgehead atoms. The molecule has 3 aromatic carbocycles. The lowest BCUT2D eigenvalue weighted by Crippen LogP contribution is -2.39. The zero-order chi connectivity index (χ0) is 31.4. The maximum absolute atomic E-state index is 6.76. The fourth-order valence-electron chi connectivity index (χ4n) is 8.19. The van der Waals surface area contributed by atoms with Crippen LogP contribution in [0.1, 0.15) is 83.5 Å². The number of fused-ring (bicyclic) bond motifs is 3. The number of aryl methyl sites for hydroxylation is 1. The molecule has 0 aliphatic heterocycles. The zero-order valence-corrected chi connectivity index (χ0v) is 29.6. The topological polar surface area (TPSA) is 9.23 Å². The Morgan fingerprint density at radius 1 is 0.977 bits per heavy atom. The molecule has 0 aromatic heterocycles. The van der Waals surface area contributed by atoms with Crippen LogP contribution in [0.5, 0.6) is 5.75 Å². The summed E-state index contributed by atoms with van der Waals surface area (Å²) in [4.78, 5) is 0. The van der Waals surface area contributed by atoms with Crippen LogP contribution in [-0.2, 0) is 5.41 Å². The summed E-state index contributed by atoms with van der Waals surface area (Å²) in [6.45, 7) is 23.5. The van der Waals surface area contributed by atoms with Gasteiger partial charge in [-0.3, -0.25) is 0 Å². The van der Waals surface area contributed by atoms with Crippen LogP contribution in [0.25, 0.3) is 11.6 Å². The molecule has 3 aliphatic carbocycles. The molecule has 0 heterocycles. The van der Waals surface area contributed by atoms with Crippen molar-refractivity contribution in [2.24, 2.45) is 16.7 Å². The van der Waals surface area contributed by atoms with Gasteiger partial charge < -0.3 is 4.74 Å². The molecule has 44 heavy (non-hydrogen) atoms. The van der Waals surface area contributed by atoms with Gasteiger partial charge in [0, 0.05) is 16.9 Å². The van der Waals surface area contributed by atoms with E-state index in [1.54, 1.807) is 22.3 Å². The maximum Gasteiger partial charge on any atom is 0.126 e. The molecule has 0 amide bonds. The van der Waals surface area contributed by atoms with E-state index in [0.717, 1.165) is 12.2 Å². The van der Waals surface area contributed by atoms with Crippen LogP contribution < -0.4 is 20.4 Å². The van der Waals surface area contributed by atoms with Gasteiger partial charge in [-0.05, 0) is 74.4 Å². The fourth-order valence-corrected chi connectivity index (χ4v) is 10.5. The Labute approximate surface area is 268 Å². The number of ether oxygens (including phenoxy) is 1. The quantitative estimate of drug-likeness (QED) is 0.200. The smallest absolute Gasteiger partial charge is 0.126 e. The summed E-state index contributed by atoms with van der Waals surface area (Å²) < 4.78 is 6.76. The van der Waals surface area contributed by atoms with Crippen LogP contribution in [0.15, 0.2) is 102 Å². The molecule has 0 saturated carbocycles. The Morgan fingerprint density at radius 3 is 2.39 bits per heavy atom. The minimum Gasteiger partial charge on any atom is -0.489 e. The Bertz CT molecular complexity index is 1790. The van der Waals surface area contributed by atoms with E-state index in [1.807, 2.05) is 6.08 Å². The predicted molar refractivity (Wildman–Crippen MR) is 192 cm³/mol. The van der Waals surface area contributed by atoms with Crippen molar-refractivity contribution in [3.63, 3.8) is 0 Å². The molecule has 0 radical (unpaired) electrons. The third kappa shape index (κ3) is 5.51. The van der Waals surface area contributed by atoms with E-state index in [9.17, 15) is 0 Å². The Balaban J connectivity index is 1.72. The molecule has 2 unspecified atom stereocenters. The molecule has 6 rings (SSSR count). The third-order valence-corrected chi connectivity index (χ3v) is 12.4. The van der Waals surface area contributed by atoms with E-state index >= 15 is 0 Å². The first kappa shape index (κ1) is 30.7. The largest absolute Gasteiger partial charge is 0.489 e. The van der Waals surface area contributed by atoms with Crippen molar-refractivity contribution in [3.05, 3.63) is 129 Å². The molecule has 1 nitrogen and oxygen atoms in total. The van der Waals surface area contributed by atoms with E-state index in [-0.39, 0.29) is 16.2 Å². The molecule has 2 atom stereocenters. The fraction of sp³-hybridized carbons (Fsp3) is 0.381. The number of rotatable bonds is 7. The first-order valence-corrected chi connectivity index (χ1v) is 18.0. The Hall–Kier alpha value is -3.36. The van der Waals surface area contributed by atoms with Crippen molar-refractivity contribution < 1.29 is 4.74 Å². The molecule has 0 saturated heterocycles. The number of hydrogen-bond acceptors (Lipinski definition) is 1. The minimum absolute atomic E-state index is 0.0292. The SMILES string of the molecule is C=CCOc1c(C([SiH2]c2ccccc2)C2C3=CC(C)(C)CCC3=C3C2=c2ccccc2=CC3(C)C)cc(C)cc1C(C)(C)C. The summed E-state index contributed by atoms with van der Waals surface area (Å²) in [7, 11) is -0.817. The van der Waals surface area contributed by atoms with Gasteiger partial charge in [0.25, 0.3) is 0 Å². The number of allylic oxidation sites excluding steroid dienone is 4. The van der Waals surface area contributed by atoms with Crippen LogP contribution >= 0.6 is 0 Å². The zero-order valence-electron chi connectivity index (χ0n) is 28.2. The summed E-state index contributed by atoms with van der Waals surface area (Å²) in [5.41, 5.74) is 10.8. The van der Waals surface area contributed by atoms with E-state index in [2.05, 4.69) is 141 Å². The minimum atomic E-state index is -0.817. The van der Waals surface area contributed by atoms with E-state index in [0.29, 0.717) is 18.1 Å². The molecule has 228 valence electrons. The molecular weight excluding hydrogens is 549 g/mol. The standard InChI is InChI=1S/C42H50OSi/c1-10-22-43-38-32(23-27(2)24-34(38)40(3,4)5)39(44-29-17-12-11-13-18-29)36-33-26-41(6,7)21-20-31(33)37-35(36)30-19-15-14-16-28(30)25-42(37,8)9/h10-19,23-26,36,39H,1,20-22,44H2,2-9H3. The second-order valence-corrected chi connectivity index (χ2v) is 17.8. The first-order valence-electron chi connectivity index (χ1n) is 16.5. The third-order valence-electron chi connectivity index (χ3n) is 10.1. The van der Waals surface area contributed by atoms with Crippen LogP contribution in [0.4, 0.5) is 0 Å². The first-order chi connectivity index (χ1) is 20.8. The summed E-state index contributed by atoms with van der Waals surface area (Å²) >= 11 is 0. The van der Waals surface area contributed by atoms with Crippen LogP contribution in [0, 0.1) is 23.7 Å². The summed E-state index contributed by atoms with van der Waals surface area (Å²) in [5, 5.41) is 4.31. The molecular formula is C42H50OSi. The highest BCUT2D eigenvalue weighted by Gasteiger charge is 2.47. The Morgan fingerprint density at radius 2 is 1.68 bits per heavy atom.